The number of aliphatic hydroxyl groups excluding tert-OH is 1. The van der Waals surface area contributed by atoms with E-state index >= 15 is 0 Å². The third kappa shape index (κ3) is 6.78. The van der Waals surface area contributed by atoms with E-state index in [0.29, 0.717) is 0 Å². The molecule has 0 radical (unpaired) electrons. The Hall–Kier alpha value is -2.01. The molecule has 3 N–H and O–H groups in total. The molecule has 2 amide bonds. The first-order valence-electron chi connectivity index (χ1n) is 7.42. The van der Waals surface area contributed by atoms with E-state index in [-0.39, 0.29) is 36.1 Å². The molecule has 1 atom stereocenters. The Labute approximate surface area is 147 Å². The van der Waals surface area contributed by atoms with Gasteiger partial charge in [0.2, 0.25) is 15.9 Å². The van der Waals surface area contributed by atoms with Crippen molar-refractivity contribution in [2.75, 3.05) is 40.9 Å². The molecule has 0 fully saturated rings. The standard InChI is InChI=1S/C15H23N3O6S/c1-18(2)14(20)9-16-15(21)11-5-4-6-13(7-11)25(22,23)17-8-12(19)10-24-3/h4-7,12,17,19H,8-10H2,1-3H3,(H,16,21)/t12-/m1/s1. The average molecular weight is 373 g/mol. The second kappa shape index (κ2) is 9.47. The molecule has 1 aromatic rings. The van der Waals surface area contributed by atoms with E-state index in [2.05, 4.69) is 10.0 Å². The van der Waals surface area contributed by atoms with E-state index in [9.17, 15) is 23.1 Å². The molecule has 10 heteroatoms. The zero-order chi connectivity index (χ0) is 19.0. The van der Waals surface area contributed by atoms with E-state index in [4.69, 9.17) is 4.74 Å². The number of hydrogen-bond donors (Lipinski definition) is 3. The van der Waals surface area contributed by atoms with Gasteiger partial charge in [-0.2, -0.15) is 0 Å². The molecule has 0 saturated carbocycles. The highest BCUT2D eigenvalue weighted by Crippen LogP contribution is 2.11. The zero-order valence-corrected chi connectivity index (χ0v) is 15.2. The van der Waals surface area contributed by atoms with E-state index in [1.54, 1.807) is 14.1 Å². The molecule has 0 aliphatic carbocycles. The molecule has 1 aromatic carbocycles. The van der Waals surface area contributed by atoms with Gasteiger partial charge in [-0.15, -0.1) is 0 Å². The number of carbonyl (C=O) groups is 2. The zero-order valence-electron chi connectivity index (χ0n) is 14.4. The molecular formula is C15H23N3O6S. The van der Waals surface area contributed by atoms with Crippen molar-refractivity contribution in [3.63, 3.8) is 0 Å². The van der Waals surface area contributed by atoms with Crippen LogP contribution < -0.4 is 10.0 Å². The highest BCUT2D eigenvalue weighted by atomic mass is 32.2. The Balaban J connectivity index is 2.79. The largest absolute Gasteiger partial charge is 0.389 e. The van der Waals surface area contributed by atoms with Gasteiger partial charge in [0.25, 0.3) is 5.91 Å². The van der Waals surface area contributed by atoms with E-state index in [1.807, 2.05) is 0 Å². The summed E-state index contributed by atoms with van der Waals surface area (Å²) in [6, 6.07) is 5.38. The summed E-state index contributed by atoms with van der Waals surface area (Å²) < 4.78 is 31.4. The van der Waals surface area contributed by atoms with Crippen molar-refractivity contribution >= 4 is 21.8 Å². The minimum atomic E-state index is -3.90. The Kier molecular flexibility index (Phi) is 7.97. The van der Waals surface area contributed by atoms with Gasteiger partial charge in [-0.25, -0.2) is 13.1 Å². The molecule has 0 heterocycles. The number of carbonyl (C=O) groups excluding carboxylic acids is 2. The van der Waals surface area contributed by atoms with Gasteiger partial charge < -0.3 is 20.1 Å². The van der Waals surface area contributed by atoms with Crippen LogP contribution in [0.2, 0.25) is 0 Å². The predicted molar refractivity (Wildman–Crippen MR) is 90.5 cm³/mol. The van der Waals surface area contributed by atoms with Crippen LogP contribution >= 0.6 is 0 Å². The van der Waals surface area contributed by atoms with Crippen LogP contribution in [-0.4, -0.2) is 77.2 Å². The molecule has 1 rings (SSSR count). The van der Waals surface area contributed by atoms with Gasteiger partial charge in [-0.3, -0.25) is 9.59 Å². The summed E-state index contributed by atoms with van der Waals surface area (Å²) in [5.41, 5.74) is 0.104. The van der Waals surface area contributed by atoms with Crippen LogP contribution in [0.3, 0.4) is 0 Å². The van der Waals surface area contributed by atoms with E-state index in [1.165, 1.54) is 36.3 Å². The van der Waals surface area contributed by atoms with Crippen molar-refractivity contribution in [2.45, 2.75) is 11.0 Å². The summed E-state index contributed by atoms with van der Waals surface area (Å²) in [6.45, 7) is -0.418. The number of ether oxygens (including phenoxy) is 1. The maximum absolute atomic E-state index is 12.2. The number of sulfonamides is 1. The third-order valence-corrected chi connectivity index (χ3v) is 4.59. The Morgan fingerprint density at radius 1 is 1.32 bits per heavy atom. The Bertz CT molecular complexity index is 705. The van der Waals surface area contributed by atoms with Crippen LogP contribution in [0.5, 0.6) is 0 Å². The van der Waals surface area contributed by atoms with Crippen molar-refractivity contribution in [3.05, 3.63) is 29.8 Å². The van der Waals surface area contributed by atoms with Gasteiger partial charge in [-0.05, 0) is 18.2 Å². The number of nitrogens with one attached hydrogen (secondary N) is 2. The lowest BCUT2D eigenvalue weighted by atomic mass is 10.2. The first-order valence-corrected chi connectivity index (χ1v) is 8.90. The number of likely N-dealkylation sites (N-methyl/N-ethyl adjacent to an activating group) is 1. The Morgan fingerprint density at radius 3 is 2.60 bits per heavy atom. The van der Waals surface area contributed by atoms with Crippen LogP contribution in [-0.2, 0) is 19.6 Å². The minimum absolute atomic E-state index is 0.00906. The number of hydrogen-bond acceptors (Lipinski definition) is 6. The number of amides is 2. The van der Waals surface area contributed by atoms with Gasteiger partial charge in [0.1, 0.15) is 0 Å². The molecule has 0 unspecified atom stereocenters. The maximum atomic E-state index is 12.2. The lowest BCUT2D eigenvalue weighted by Crippen LogP contribution is -2.36. The van der Waals surface area contributed by atoms with Crippen molar-refractivity contribution in [1.82, 2.24) is 14.9 Å². The highest BCUT2D eigenvalue weighted by Gasteiger charge is 2.18. The fraction of sp³-hybridized carbons (Fsp3) is 0.467. The van der Waals surface area contributed by atoms with Gasteiger partial charge in [-0.1, -0.05) is 6.07 Å². The number of rotatable bonds is 9. The normalized spacial score (nSPS) is 12.5. The summed E-state index contributed by atoms with van der Waals surface area (Å²) >= 11 is 0. The fourth-order valence-corrected chi connectivity index (χ4v) is 2.88. The van der Waals surface area contributed by atoms with Crippen LogP contribution in [0.15, 0.2) is 29.2 Å². The van der Waals surface area contributed by atoms with Crippen molar-refractivity contribution < 1.29 is 27.9 Å². The third-order valence-electron chi connectivity index (χ3n) is 3.17. The molecule has 0 aliphatic heterocycles. The molecule has 0 bridgehead atoms. The Morgan fingerprint density at radius 2 is 2.00 bits per heavy atom. The molecule has 0 saturated heterocycles. The lowest BCUT2D eigenvalue weighted by molar-refractivity contribution is -0.127. The van der Waals surface area contributed by atoms with Crippen LogP contribution in [0.4, 0.5) is 0 Å². The topological polar surface area (TPSA) is 125 Å². The van der Waals surface area contributed by atoms with Crippen LogP contribution in [0, 0.1) is 0 Å². The molecule has 0 aromatic heterocycles. The van der Waals surface area contributed by atoms with Gasteiger partial charge >= 0.3 is 0 Å². The quantitative estimate of drug-likeness (QED) is 0.499. The van der Waals surface area contributed by atoms with E-state index < -0.39 is 22.0 Å². The van der Waals surface area contributed by atoms with Crippen molar-refractivity contribution in [1.29, 1.82) is 0 Å². The second-order valence-corrected chi connectivity index (χ2v) is 7.23. The summed E-state index contributed by atoms with van der Waals surface area (Å²) in [5, 5.41) is 11.9. The maximum Gasteiger partial charge on any atom is 0.251 e. The number of benzene rings is 1. The molecule has 140 valence electrons. The molecule has 0 aliphatic rings. The smallest absolute Gasteiger partial charge is 0.251 e. The second-order valence-electron chi connectivity index (χ2n) is 5.46. The van der Waals surface area contributed by atoms with Crippen LogP contribution in [0.1, 0.15) is 10.4 Å². The van der Waals surface area contributed by atoms with Gasteiger partial charge in [0.15, 0.2) is 0 Å². The summed E-state index contributed by atoms with van der Waals surface area (Å²) in [6.07, 6.45) is -0.983. The SMILES string of the molecule is COC[C@H](O)CNS(=O)(=O)c1cccc(C(=O)NCC(=O)N(C)C)c1. The highest BCUT2D eigenvalue weighted by molar-refractivity contribution is 7.89. The first-order chi connectivity index (χ1) is 11.7. The monoisotopic (exact) mass is 373 g/mol. The molecule has 0 spiro atoms. The van der Waals surface area contributed by atoms with E-state index in [0.717, 1.165) is 0 Å². The van der Waals surface area contributed by atoms with Crippen molar-refractivity contribution in [3.8, 4) is 0 Å². The average Bonchev–Trinajstić information content (AvgIpc) is 2.58. The number of nitrogens with zero attached hydrogens (tertiary/aromatic N) is 1. The molecule has 9 nitrogen and oxygen atoms in total. The predicted octanol–water partition coefficient (Wildman–Crippen LogP) is -1.21. The van der Waals surface area contributed by atoms with Crippen molar-refractivity contribution in [2.24, 2.45) is 0 Å². The summed E-state index contributed by atoms with van der Waals surface area (Å²) in [7, 11) is 0.616. The molecular weight excluding hydrogens is 350 g/mol. The van der Waals surface area contributed by atoms with Crippen LogP contribution in [0.25, 0.3) is 0 Å². The minimum Gasteiger partial charge on any atom is -0.389 e. The first kappa shape index (κ1) is 21.0. The lowest BCUT2D eigenvalue weighted by Gasteiger charge is -2.13. The molecule has 25 heavy (non-hydrogen) atoms. The number of aliphatic hydroxyl groups is 1. The summed E-state index contributed by atoms with van der Waals surface area (Å²) in [4.78, 5) is 24.7. The fourth-order valence-electron chi connectivity index (χ4n) is 1.76. The summed E-state index contributed by atoms with van der Waals surface area (Å²) in [5.74, 6) is -0.849. The van der Waals surface area contributed by atoms with Gasteiger partial charge in [0.05, 0.1) is 24.2 Å². The number of methoxy groups -OCH3 is 1. The van der Waals surface area contributed by atoms with Gasteiger partial charge in [0, 0.05) is 33.3 Å².